The van der Waals surface area contributed by atoms with Crippen LogP contribution in [0.25, 0.3) is 0 Å². The van der Waals surface area contributed by atoms with Crippen molar-refractivity contribution in [3.8, 4) is 5.75 Å². The average Bonchev–Trinajstić information content (AvgIpc) is 2.45. The van der Waals surface area contributed by atoms with Gasteiger partial charge in [-0.05, 0) is 37.3 Å². The molecule has 0 spiro atoms. The highest BCUT2D eigenvalue weighted by atomic mass is 32.2. The standard InChI is InChI=1S/C16H17FO2S/c1-11-4-3-5-13(8-11)20-10-15(18)14-9-12(17)6-7-16(14)19-2/h3-9,15,18H,10H2,1-2H3. The number of hydrogen-bond donors (Lipinski definition) is 1. The summed E-state index contributed by atoms with van der Waals surface area (Å²) >= 11 is 1.53. The van der Waals surface area contributed by atoms with Crippen LogP contribution in [0.1, 0.15) is 17.2 Å². The molecule has 0 bridgehead atoms. The minimum Gasteiger partial charge on any atom is -0.496 e. The molecule has 2 aromatic carbocycles. The number of methoxy groups -OCH3 is 1. The summed E-state index contributed by atoms with van der Waals surface area (Å²) < 4.78 is 18.4. The van der Waals surface area contributed by atoms with Gasteiger partial charge in [-0.15, -0.1) is 11.8 Å². The van der Waals surface area contributed by atoms with Gasteiger partial charge in [-0.2, -0.15) is 0 Å². The molecule has 20 heavy (non-hydrogen) atoms. The molecule has 4 heteroatoms. The lowest BCUT2D eigenvalue weighted by Gasteiger charge is -2.14. The topological polar surface area (TPSA) is 29.5 Å². The predicted octanol–water partition coefficient (Wildman–Crippen LogP) is 3.97. The number of aliphatic hydroxyl groups excluding tert-OH is 1. The molecule has 0 aliphatic heterocycles. The van der Waals surface area contributed by atoms with E-state index in [-0.39, 0.29) is 5.82 Å². The van der Waals surface area contributed by atoms with E-state index in [1.54, 1.807) is 0 Å². The van der Waals surface area contributed by atoms with Crippen molar-refractivity contribution >= 4 is 11.8 Å². The lowest BCUT2D eigenvalue weighted by atomic mass is 10.1. The summed E-state index contributed by atoms with van der Waals surface area (Å²) in [6, 6.07) is 12.2. The third-order valence-electron chi connectivity index (χ3n) is 2.95. The molecule has 0 saturated heterocycles. The van der Waals surface area contributed by atoms with Crippen molar-refractivity contribution in [3.63, 3.8) is 0 Å². The molecule has 0 aromatic heterocycles. The molecule has 0 fully saturated rings. The molecule has 1 atom stereocenters. The molecular weight excluding hydrogens is 275 g/mol. The van der Waals surface area contributed by atoms with E-state index in [4.69, 9.17) is 4.74 Å². The van der Waals surface area contributed by atoms with Crippen molar-refractivity contribution in [1.82, 2.24) is 0 Å². The third-order valence-corrected chi connectivity index (χ3v) is 4.02. The largest absolute Gasteiger partial charge is 0.496 e. The smallest absolute Gasteiger partial charge is 0.124 e. The number of benzene rings is 2. The minimum atomic E-state index is -0.772. The van der Waals surface area contributed by atoms with E-state index in [1.165, 1.54) is 42.6 Å². The van der Waals surface area contributed by atoms with Crippen LogP contribution >= 0.6 is 11.8 Å². The zero-order valence-electron chi connectivity index (χ0n) is 11.5. The zero-order chi connectivity index (χ0) is 14.5. The summed E-state index contributed by atoms with van der Waals surface area (Å²) in [5, 5.41) is 10.2. The number of ether oxygens (including phenoxy) is 1. The molecule has 1 unspecified atom stereocenters. The van der Waals surface area contributed by atoms with Gasteiger partial charge in [0.05, 0.1) is 13.2 Å². The van der Waals surface area contributed by atoms with Crippen molar-refractivity contribution < 1.29 is 14.2 Å². The Kier molecular flexibility index (Phi) is 5.04. The predicted molar refractivity (Wildman–Crippen MR) is 79.8 cm³/mol. The van der Waals surface area contributed by atoms with E-state index >= 15 is 0 Å². The fourth-order valence-corrected chi connectivity index (χ4v) is 2.91. The van der Waals surface area contributed by atoms with E-state index in [2.05, 4.69) is 6.07 Å². The van der Waals surface area contributed by atoms with Crippen molar-refractivity contribution in [2.45, 2.75) is 17.9 Å². The van der Waals surface area contributed by atoms with Crippen LogP contribution in [-0.4, -0.2) is 18.0 Å². The van der Waals surface area contributed by atoms with Gasteiger partial charge in [0.1, 0.15) is 11.6 Å². The normalized spacial score (nSPS) is 12.2. The molecule has 0 aliphatic rings. The van der Waals surface area contributed by atoms with Crippen LogP contribution < -0.4 is 4.74 Å². The average molecular weight is 292 g/mol. The van der Waals surface area contributed by atoms with Crippen molar-refractivity contribution in [2.75, 3.05) is 12.9 Å². The van der Waals surface area contributed by atoms with E-state index in [1.807, 2.05) is 25.1 Å². The Morgan fingerprint density at radius 3 is 2.75 bits per heavy atom. The highest BCUT2D eigenvalue weighted by Gasteiger charge is 2.14. The molecule has 0 heterocycles. The van der Waals surface area contributed by atoms with Crippen LogP contribution in [0.2, 0.25) is 0 Å². The van der Waals surface area contributed by atoms with Gasteiger partial charge in [0, 0.05) is 16.2 Å². The summed E-state index contributed by atoms with van der Waals surface area (Å²) in [7, 11) is 1.51. The molecule has 106 valence electrons. The Morgan fingerprint density at radius 2 is 2.05 bits per heavy atom. The van der Waals surface area contributed by atoms with Crippen molar-refractivity contribution in [1.29, 1.82) is 0 Å². The number of thioether (sulfide) groups is 1. The summed E-state index contributed by atoms with van der Waals surface area (Å²) in [5.41, 5.74) is 1.65. The van der Waals surface area contributed by atoms with Gasteiger partial charge in [-0.25, -0.2) is 4.39 Å². The molecule has 0 radical (unpaired) electrons. The first kappa shape index (κ1) is 14.9. The summed E-state index contributed by atoms with van der Waals surface area (Å²) in [6.07, 6.45) is -0.772. The maximum absolute atomic E-state index is 13.3. The lowest BCUT2D eigenvalue weighted by Crippen LogP contribution is -2.04. The van der Waals surface area contributed by atoms with Gasteiger partial charge < -0.3 is 9.84 Å². The second-order valence-electron chi connectivity index (χ2n) is 4.53. The van der Waals surface area contributed by atoms with E-state index < -0.39 is 6.10 Å². The summed E-state index contributed by atoms with van der Waals surface area (Å²) in [6.45, 7) is 2.02. The van der Waals surface area contributed by atoms with Crippen LogP contribution in [0.3, 0.4) is 0 Å². The van der Waals surface area contributed by atoms with Gasteiger partial charge in [0.25, 0.3) is 0 Å². The van der Waals surface area contributed by atoms with Gasteiger partial charge in [-0.1, -0.05) is 17.7 Å². The maximum Gasteiger partial charge on any atom is 0.124 e. The van der Waals surface area contributed by atoms with Crippen LogP contribution in [0.5, 0.6) is 5.75 Å². The van der Waals surface area contributed by atoms with Crippen LogP contribution in [0.4, 0.5) is 4.39 Å². The Morgan fingerprint density at radius 1 is 1.25 bits per heavy atom. The second kappa shape index (κ2) is 6.77. The Hall–Kier alpha value is -1.52. The monoisotopic (exact) mass is 292 g/mol. The van der Waals surface area contributed by atoms with Crippen LogP contribution in [-0.2, 0) is 0 Å². The molecule has 0 aliphatic carbocycles. The second-order valence-corrected chi connectivity index (χ2v) is 5.62. The highest BCUT2D eigenvalue weighted by molar-refractivity contribution is 7.99. The van der Waals surface area contributed by atoms with Crippen molar-refractivity contribution in [3.05, 3.63) is 59.4 Å². The van der Waals surface area contributed by atoms with Gasteiger partial charge >= 0.3 is 0 Å². The van der Waals surface area contributed by atoms with Gasteiger partial charge in [0.2, 0.25) is 0 Å². The first-order valence-corrected chi connectivity index (χ1v) is 7.29. The van der Waals surface area contributed by atoms with E-state index in [0.717, 1.165) is 4.90 Å². The molecule has 2 nitrogen and oxygen atoms in total. The fourth-order valence-electron chi connectivity index (χ4n) is 1.94. The number of aliphatic hydroxyl groups is 1. The number of hydrogen-bond acceptors (Lipinski definition) is 3. The SMILES string of the molecule is COc1ccc(F)cc1C(O)CSc1cccc(C)c1. The molecule has 0 saturated carbocycles. The summed E-state index contributed by atoms with van der Waals surface area (Å²) in [5.74, 6) is 0.577. The molecule has 1 N–H and O–H groups in total. The highest BCUT2D eigenvalue weighted by Crippen LogP contribution is 2.30. The molecular formula is C16H17FO2S. The van der Waals surface area contributed by atoms with Gasteiger partial charge in [0.15, 0.2) is 0 Å². The first-order chi connectivity index (χ1) is 9.60. The Balaban J connectivity index is 2.08. The zero-order valence-corrected chi connectivity index (χ0v) is 12.3. The van der Waals surface area contributed by atoms with Gasteiger partial charge in [-0.3, -0.25) is 0 Å². The quantitative estimate of drug-likeness (QED) is 0.846. The van der Waals surface area contributed by atoms with E-state index in [9.17, 15) is 9.50 Å². The molecule has 2 rings (SSSR count). The fraction of sp³-hybridized carbons (Fsp3) is 0.250. The molecule has 0 amide bonds. The van der Waals surface area contributed by atoms with E-state index in [0.29, 0.717) is 17.1 Å². The number of halogens is 1. The van der Waals surface area contributed by atoms with Crippen molar-refractivity contribution in [2.24, 2.45) is 0 Å². The molecule has 2 aromatic rings. The minimum absolute atomic E-state index is 0.375. The third kappa shape index (κ3) is 3.74. The maximum atomic E-state index is 13.3. The number of rotatable bonds is 5. The Bertz CT molecular complexity index is 586. The van der Waals surface area contributed by atoms with Crippen LogP contribution in [0.15, 0.2) is 47.4 Å². The Labute approximate surface area is 122 Å². The lowest BCUT2D eigenvalue weighted by molar-refractivity contribution is 0.198. The number of aryl methyl sites for hydroxylation is 1. The summed E-state index contributed by atoms with van der Waals surface area (Å²) in [4.78, 5) is 1.08. The first-order valence-electron chi connectivity index (χ1n) is 6.31. The van der Waals surface area contributed by atoms with Crippen LogP contribution in [0, 0.1) is 12.7 Å².